The van der Waals surface area contributed by atoms with Gasteiger partial charge in [0.2, 0.25) is 0 Å². The van der Waals surface area contributed by atoms with E-state index in [0.717, 1.165) is 33.3 Å². The summed E-state index contributed by atoms with van der Waals surface area (Å²) in [5, 5.41) is 1.04. The van der Waals surface area contributed by atoms with Crippen LogP contribution in [-0.4, -0.2) is 26.3 Å². The molecule has 1 atom stereocenters. The summed E-state index contributed by atoms with van der Waals surface area (Å²) in [6.07, 6.45) is 0. The van der Waals surface area contributed by atoms with Crippen LogP contribution in [0.3, 0.4) is 0 Å². The van der Waals surface area contributed by atoms with E-state index in [-0.39, 0.29) is 10.8 Å². The standard InChI is InChI=1S/C24H22N2O3S2/c1-16-7-13-19(14-8-16)31(27,28)26-24-23(20-5-3-4-6-22(20)25-24)21(15-30-26)17-9-11-18(29-2)12-10-17/h3-14,21,25H,15H2,1-2H3. The van der Waals surface area contributed by atoms with Crippen LogP contribution in [0.2, 0.25) is 0 Å². The summed E-state index contributed by atoms with van der Waals surface area (Å²) in [4.78, 5) is 3.67. The third kappa shape index (κ3) is 3.38. The molecule has 1 unspecified atom stereocenters. The highest BCUT2D eigenvalue weighted by atomic mass is 32.3. The van der Waals surface area contributed by atoms with Crippen molar-refractivity contribution < 1.29 is 13.2 Å². The molecule has 0 bridgehead atoms. The van der Waals surface area contributed by atoms with Crippen molar-refractivity contribution in [3.8, 4) is 5.75 Å². The fourth-order valence-corrected chi connectivity index (χ4v) is 7.00. The van der Waals surface area contributed by atoms with E-state index < -0.39 is 10.0 Å². The van der Waals surface area contributed by atoms with E-state index >= 15 is 0 Å². The number of hydrogen-bond donors (Lipinski definition) is 1. The Morgan fingerprint density at radius 3 is 2.42 bits per heavy atom. The number of aromatic nitrogens is 1. The van der Waals surface area contributed by atoms with Crippen LogP contribution < -0.4 is 8.45 Å². The summed E-state index contributed by atoms with van der Waals surface area (Å²) in [5.41, 5.74) is 4.09. The van der Waals surface area contributed by atoms with Crippen LogP contribution in [0.25, 0.3) is 10.9 Å². The average Bonchev–Trinajstić information content (AvgIpc) is 3.18. The molecule has 5 nitrogen and oxygen atoms in total. The molecule has 2 heterocycles. The number of nitrogens with one attached hydrogen (secondary N) is 1. The third-order valence-corrected chi connectivity index (χ3v) is 8.96. The summed E-state index contributed by atoms with van der Waals surface area (Å²) in [5.74, 6) is 2.10. The average molecular weight is 451 g/mol. The number of H-pyrrole nitrogens is 1. The Balaban J connectivity index is 1.66. The zero-order valence-corrected chi connectivity index (χ0v) is 18.8. The van der Waals surface area contributed by atoms with Gasteiger partial charge in [-0.15, -0.1) is 0 Å². The van der Waals surface area contributed by atoms with E-state index in [4.69, 9.17) is 4.74 Å². The maximum absolute atomic E-state index is 13.5. The second-order valence-corrected chi connectivity index (χ2v) is 10.6. The molecule has 0 saturated heterocycles. The Kier molecular flexibility index (Phi) is 4.95. The topological polar surface area (TPSA) is 62.4 Å². The zero-order valence-electron chi connectivity index (χ0n) is 17.2. The lowest BCUT2D eigenvalue weighted by molar-refractivity contribution is 0.414. The van der Waals surface area contributed by atoms with Crippen LogP contribution in [0.1, 0.15) is 22.6 Å². The number of sulfonamides is 1. The molecule has 0 fully saturated rings. The quantitative estimate of drug-likeness (QED) is 0.419. The molecule has 31 heavy (non-hydrogen) atoms. The van der Waals surface area contributed by atoms with Gasteiger partial charge in [-0.2, -0.15) is 3.71 Å². The first-order chi connectivity index (χ1) is 15.0. The Morgan fingerprint density at radius 1 is 1.00 bits per heavy atom. The zero-order chi connectivity index (χ0) is 21.6. The van der Waals surface area contributed by atoms with Crippen LogP contribution in [0.4, 0.5) is 5.82 Å². The number of nitrogens with zero attached hydrogens (tertiary/aromatic N) is 1. The number of methoxy groups -OCH3 is 1. The molecular formula is C24H22N2O3S2. The van der Waals surface area contributed by atoms with Crippen molar-refractivity contribution in [1.29, 1.82) is 0 Å². The second kappa shape index (κ2) is 7.66. The van der Waals surface area contributed by atoms with Crippen LogP contribution in [0, 0.1) is 6.92 Å². The summed E-state index contributed by atoms with van der Waals surface area (Å²) < 4.78 is 33.8. The highest BCUT2D eigenvalue weighted by molar-refractivity contribution is 8.14. The molecule has 5 rings (SSSR count). The van der Waals surface area contributed by atoms with E-state index in [1.807, 2.05) is 55.5 Å². The molecule has 1 aliphatic heterocycles. The van der Waals surface area contributed by atoms with Crippen LogP contribution in [0.5, 0.6) is 5.75 Å². The van der Waals surface area contributed by atoms with E-state index in [9.17, 15) is 8.42 Å². The van der Waals surface area contributed by atoms with Gasteiger partial charge in [0.1, 0.15) is 11.6 Å². The molecule has 0 aliphatic carbocycles. The molecule has 1 N–H and O–H groups in total. The molecule has 3 aromatic carbocycles. The number of para-hydroxylation sites is 1. The Morgan fingerprint density at radius 2 is 1.71 bits per heavy atom. The predicted octanol–water partition coefficient (Wildman–Crippen LogP) is 5.47. The van der Waals surface area contributed by atoms with Gasteiger partial charge in [0, 0.05) is 28.1 Å². The summed E-state index contributed by atoms with van der Waals surface area (Å²) in [7, 11) is -2.06. The van der Waals surface area contributed by atoms with Crippen LogP contribution in [-0.2, 0) is 10.0 Å². The van der Waals surface area contributed by atoms with E-state index in [2.05, 4.69) is 17.1 Å². The third-order valence-electron chi connectivity index (χ3n) is 5.67. The van der Waals surface area contributed by atoms with Crippen molar-refractivity contribution >= 4 is 38.7 Å². The molecule has 1 aliphatic rings. The number of aryl methyl sites for hydroxylation is 1. The number of anilines is 1. The van der Waals surface area contributed by atoms with Crippen molar-refractivity contribution in [1.82, 2.24) is 4.98 Å². The van der Waals surface area contributed by atoms with Gasteiger partial charge in [0.25, 0.3) is 10.0 Å². The number of rotatable bonds is 4. The molecule has 0 spiro atoms. The van der Waals surface area contributed by atoms with Gasteiger partial charge in [-0.05, 0) is 54.8 Å². The normalized spacial score (nSPS) is 16.3. The van der Waals surface area contributed by atoms with Crippen LogP contribution >= 0.6 is 11.9 Å². The van der Waals surface area contributed by atoms with Crippen molar-refractivity contribution in [2.45, 2.75) is 17.7 Å². The number of benzene rings is 3. The first kappa shape index (κ1) is 20.0. The van der Waals surface area contributed by atoms with Gasteiger partial charge in [-0.25, -0.2) is 8.42 Å². The first-order valence-electron chi connectivity index (χ1n) is 9.98. The van der Waals surface area contributed by atoms with E-state index in [0.29, 0.717) is 11.6 Å². The monoisotopic (exact) mass is 450 g/mol. The van der Waals surface area contributed by atoms with Gasteiger partial charge in [-0.1, -0.05) is 48.0 Å². The molecule has 0 saturated carbocycles. The lowest BCUT2D eigenvalue weighted by Gasteiger charge is -2.32. The first-order valence-corrected chi connectivity index (χ1v) is 12.4. The maximum Gasteiger partial charge on any atom is 0.275 e. The van der Waals surface area contributed by atoms with E-state index in [1.54, 1.807) is 19.2 Å². The van der Waals surface area contributed by atoms with Gasteiger partial charge in [0.15, 0.2) is 0 Å². The van der Waals surface area contributed by atoms with E-state index in [1.165, 1.54) is 15.7 Å². The molecule has 4 aromatic rings. The highest BCUT2D eigenvalue weighted by Gasteiger charge is 2.37. The molecule has 0 amide bonds. The fraction of sp³-hybridized carbons (Fsp3) is 0.167. The minimum Gasteiger partial charge on any atom is -0.497 e. The van der Waals surface area contributed by atoms with Gasteiger partial charge in [-0.3, -0.25) is 0 Å². The molecule has 158 valence electrons. The summed E-state index contributed by atoms with van der Waals surface area (Å²) in [6.45, 7) is 1.95. The number of fused-ring (bicyclic) bond motifs is 3. The summed E-state index contributed by atoms with van der Waals surface area (Å²) in [6, 6.07) is 23.0. The van der Waals surface area contributed by atoms with Crippen molar-refractivity contribution in [2.75, 3.05) is 16.6 Å². The highest BCUT2D eigenvalue weighted by Crippen LogP contribution is 2.48. The number of aromatic amines is 1. The van der Waals surface area contributed by atoms with Gasteiger partial charge in [0.05, 0.1) is 12.0 Å². The Hall–Kier alpha value is -2.90. The van der Waals surface area contributed by atoms with Crippen molar-refractivity contribution in [3.63, 3.8) is 0 Å². The molecular weight excluding hydrogens is 428 g/mol. The smallest absolute Gasteiger partial charge is 0.275 e. The SMILES string of the molecule is COc1ccc(C2CSN(S(=O)(=O)c3ccc(C)cc3)c3[nH]c4ccccc4c32)cc1. The fourth-order valence-electron chi connectivity index (χ4n) is 4.03. The molecule has 1 aromatic heterocycles. The lowest BCUT2D eigenvalue weighted by atomic mass is 9.91. The number of hydrogen-bond acceptors (Lipinski definition) is 4. The van der Waals surface area contributed by atoms with Gasteiger partial charge < -0.3 is 9.72 Å². The summed E-state index contributed by atoms with van der Waals surface area (Å²) >= 11 is 1.32. The Labute approximate surface area is 186 Å². The van der Waals surface area contributed by atoms with Gasteiger partial charge >= 0.3 is 0 Å². The predicted molar refractivity (Wildman–Crippen MR) is 126 cm³/mol. The largest absolute Gasteiger partial charge is 0.497 e. The molecule has 0 radical (unpaired) electrons. The second-order valence-electron chi connectivity index (χ2n) is 7.60. The number of ether oxygens (including phenoxy) is 1. The van der Waals surface area contributed by atoms with Crippen molar-refractivity contribution in [2.24, 2.45) is 0 Å². The maximum atomic E-state index is 13.5. The van der Waals surface area contributed by atoms with Crippen molar-refractivity contribution in [3.05, 3.63) is 89.5 Å². The minimum absolute atomic E-state index is 0.0616. The lowest BCUT2D eigenvalue weighted by Crippen LogP contribution is -2.30. The van der Waals surface area contributed by atoms with Crippen LogP contribution in [0.15, 0.2) is 77.7 Å². The Bertz CT molecular complexity index is 1340. The molecule has 7 heteroatoms. The minimum atomic E-state index is -3.71.